The van der Waals surface area contributed by atoms with Gasteiger partial charge in [-0.05, 0) is 20.8 Å². The minimum absolute atomic E-state index is 0.236. The molecule has 0 saturated carbocycles. The van der Waals surface area contributed by atoms with Gasteiger partial charge >= 0.3 is 5.97 Å². The highest BCUT2D eigenvalue weighted by atomic mass is 16.5. The zero-order valence-electron chi connectivity index (χ0n) is 9.56. The van der Waals surface area contributed by atoms with Gasteiger partial charge in [-0.25, -0.2) is 4.79 Å². The number of rotatable bonds is 3. The Labute approximate surface area is 90.5 Å². The molecular formula is C11H19NO3. The summed E-state index contributed by atoms with van der Waals surface area (Å²) in [5, 5.41) is 8.72. The molecule has 1 aliphatic heterocycles. The summed E-state index contributed by atoms with van der Waals surface area (Å²) in [6.07, 6.45) is 2.00. The van der Waals surface area contributed by atoms with Gasteiger partial charge < -0.3 is 9.84 Å². The van der Waals surface area contributed by atoms with Crippen LogP contribution in [0, 0.1) is 0 Å². The van der Waals surface area contributed by atoms with Crippen LogP contribution in [-0.2, 0) is 9.53 Å². The van der Waals surface area contributed by atoms with Gasteiger partial charge in [-0.2, -0.15) is 0 Å². The Morgan fingerprint density at radius 2 is 2.27 bits per heavy atom. The Hall–Kier alpha value is -0.870. The van der Waals surface area contributed by atoms with Crippen molar-refractivity contribution in [2.75, 3.05) is 19.7 Å². The van der Waals surface area contributed by atoms with Gasteiger partial charge in [0.15, 0.2) is 0 Å². The average molecular weight is 213 g/mol. The first-order valence-electron chi connectivity index (χ1n) is 5.26. The van der Waals surface area contributed by atoms with Crippen molar-refractivity contribution in [2.24, 2.45) is 0 Å². The lowest BCUT2D eigenvalue weighted by Gasteiger charge is -2.36. The van der Waals surface area contributed by atoms with Crippen LogP contribution in [0.3, 0.4) is 0 Å². The molecule has 86 valence electrons. The summed E-state index contributed by atoms with van der Waals surface area (Å²) in [4.78, 5) is 12.8. The van der Waals surface area contributed by atoms with Crippen molar-refractivity contribution in [3.63, 3.8) is 0 Å². The smallest absolute Gasteiger partial charge is 0.330 e. The molecular weight excluding hydrogens is 194 g/mol. The minimum Gasteiger partial charge on any atom is -0.478 e. The van der Waals surface area contributed by atoms with Crippen molar-refractivity contribution < 1.29 is 14.6 Å². The van der Waals surface area contributed by atoms with Gasteiger partial charge in [0.2, 0.25) is 0 Å². The predicted molar refractivity (Wildman–Crippen MR) is 57.8 cm³/mol. The average Bonchev–Trinajstić information content (AvgIpc) is 2.18. The van der Waals surface area contributed by atoms with Gasteiger partial charge in [0.05, 0.1) is 12.7 Å². The molecule has 0 aromatic heterocycles. The maximum absolute atomic E-state index is 10.6. The first-order chi connectivity index (χ1) is 7.00. The molecule has 0 aromatic carbocycles. The van der Waals surface area contributed by atoms with Gasteiger partial charge in [0, 0.05) is 24.7 Å². The summed E-state index contributed by atoms with van der Waals surface area (Å²) in [7, 11) is 0. The summed E-state index contributed by atoms with van der Waals surface area (Å²) in [6.45, 7) is 8.03. The number of morpholine rings is 1. The molecule has 0 amide bonds. The lowest BCUT2D eigenvalue weighted by atomic mass is 10.2. The number of hydrogen-bond donors (Lipinski definition) is 1. The molecule has 2 unspecified atom stereocenters. The molecule has 0 aromatic rings. The van der Waals surface area contributed by atoms with Gasteiger partial charge in [0.1, 0.15) is 0 Å². The van der Waals surface area contributed by atoms with Gasteiger partial charge in [-0.3, -0.25) is 4.90 Å². The fourth-order valence-electron chi connectivity index (χ4n) is 1.57. The SMILES string of the molecule is C/C(=C/CN1CC(C)OCC1C)C(=O)O. The van der Waals surface area contributed by atoms with Gasteiger partial charge in [-0.15, -0.1) is 0 Å². The third-order valence-corrected chi connectivity index (χ3v) is 2.71. The van der Waals surface area contributed by atoms with Crippen LogP contribution in [0.1, 0.15) is 20.8 Å². The lowest BCUT2D eigenvalue weighted by molar-refractivity contribution is -0.132. The summed E-state index contributed by atoms with van der Waals surface area (Å²) in [6, 6.07) is 0.360. The number of carboxylic acids is 1. The standard InChI is InChI=1S/C11H19NO3/c1-8(11(13)14)4-5-12-6-10(3)15-7-9(12)2/h4,9-10H,5-7H2,1-3H3,(H,13,14)/b8-4-. The number of nitrogens with zero attached hydrogens (tertiary/aromatic N) is 1. The van der Waals surface area contributed by atoms with E-state index in [0.717, 1.165) is 13.2 Å². The summed E-state index contributed by atoms with van der Waals surface area (Å²) < 4.78 is 5.50. The van der Waals surface area contributed by atoms with E-state index in [0.29, 0.717) is 18.2 Å². The number of aliphatic carboxylic acids is 1. The number of ether oxygens (including phenoxy) is 1. The van der Waals surface area contributed by atoms with Crippen LogP contribution in [-0.4, -0.2) is 47.8 Å². The molecule has 1 aliphatic rings. The van der Waals surface area contributed by atoms with E-state index in [1.54, 1.807) is 13.0 Å². The number of carboxylic acid groups (broad SMARTS) is 1. The molecule has 1 fully saturated rings. The summed E-state index contributed by atoms with van der Waals surface area (Å²) >= 11 is 0. The molecule has 0 radical (unpaired) electrons. The highest BCUT2D eigenvalue weighted by Gasteiger charge is 2.22. The summed E-state index contributed by atoms with van der Waals surface area (Å²) in [5.41, 5.74) is 0.404. The van der Waals surface area contributed by atoms with Gasteiger partial charge in [0.25, 0.3) is 0 Å². The van der Waals surface area contributed by atoms with Crippen molar-refractivity contribution in [3.8, 4) is 0 Å². The lowest BCUT2D eigenvalue weighted by Crippen LogP contribution is -2.47. The molecule has 0 spiro atoms. The summed E-state index contributed by atoms with van der Waals surface area (Å²) in [5.74, 6) is -0.844. The Balaban J connectivity index is 2.49. The first-order valence-corrected chi connectivity index (χ1v) is 5.26. The topological polar surface area (TPSA) is 49.8 Å². The van der Waals surface area contributed by atoms with Crippen molar-refractivity contribution in [1.29, 1.82) is 0 Å². The van der Waals surface area contributed by atoms with Crippen LogP contribution in [0.15, 0.2) is 11.6 Å². The van der Waals surface area contributed by atoms with Crippen LogP contribution in [0.4, 0.5) is 0 Å². The molecule has 4 heteroatoms. The normalized spacial score (nSPS) is 29.1. The van der Waals surface area contributed by atoms with Crippen molar-refractivity contribution in [3.05, 3.63) is 11.6 Å². The Bertz CT molecular complexity index is 263. The van der Waals surface area contributed by atoms with Gasteiger partial charge in [-0.1, -0.05) is 6.08 Å². The van der Waals surface area contributed by atoms with E-state index in [9.17, 15) is 4.79 Å². The monoisotopic (exact) mass is 213 g/mol. The first kappa shape index (κ1) is 12.2. The van der Waals surface area contributed by atoms with Crippen molar-refractivity contribution in [1.82, 2.24) is 4.90 Å². The molecule has 15 heavy (non-hydrogen) atoms. The van der Waals surface area contributed by atoms with Crippen LogP contribution < -0.4 is 0 Å². The van der Waals surface area contributed by atoms with E-state index in [1.807, 2.05) is 6.92 Å². The van der Waals surface area contributed by atoms with E-state index in [-0.39, 0.29) is 6.10 Å². The fourth-order valence-corrected chi connectivity index (χ4v) is 1.57. The third kappa shape index (κ3) is 3.64. The zero-order valence-corrected chi connectivity index (χ0v) is 9.56. The van der Waals surface area contributed by atoms with E-state index in [1.165, 1.54) is 0 Å². The van der Waals surface area contributed by atoms with Crippen LogP contribution >= 0.6 is 0 Å². The Morgan fingerprint density at radius 3 is 2.87 bits per heavy atom. The highest BCUT2D eigenvalue weighted by Crippen LogP contribution is 2.11. The van der Waals surface area contributed by atoms with Crippen molar-refractivity contribution in [2.45, 2.75) is 32.9 Å². The highest BCUT2D eigenvalue weighted by molar-refractivity contribution is 5.85. The Morgan fingerprint density at radius 1 is 1.60 bits per heavy atom. The molecule has 1 heterocycles. The van der Waals surface area contributed by atoms with E-state index in [4.69, 9.17) is 9.84 Å². The van der Waals surface area contributed by atoms with E-state index < -0.39 is 5.97 Å². The third-order valence-electron chi connectivity index (χ3n) is 2.71. The molecule has 1 saturated heterocycles. The predicted octanol–water partition coefficient (Wildman–Crippen LogP) is 1.13. The minimum atomic E-state index is -0.844. The quantitative estimate of drug-likeness (QED) is 0.714. The van der Waals surface area contributed by atoms with Crippen LogP contribution in [0.25, 0.3) is 0 Å². The molecule has 0 bridgehead atoms. The number of hydrogen-bond acceptors (Lipinski definition) is 3. The molecule has 0 aliphatic carbocycles. The largest absolute Gasteiger partial charge is 0.478 e. The van der Waals surface area contributed by atoms with Crippen molar-refractivity contribution >= 4 is 5.97 Å². The molecule has 1 rings (SSSR count). The van der Waals surface area contributed by atoms with E-state index in [2.05, 4.69) is 11.8 Å². The second-order valence-corrected chi connectivity index (χ2v) is 4.14. The Kier molecular flexibility index (Phi) is 4.29. The molecule has 4 nitrogen and oxygen atoms in total. The second kappa shape index (κ2) is 5.28. The second-order valence-electron chi connectivity index (χ2n) is 4.14. The zero-order chi connectivity index (χ0) is 11.4. The fraction of sp³-hybridized carbons (Fsp3) is 0.727. The van der Waals surface area contributed by atoms with Crippen LogP contribution in [0.2, 0.25) is 0 Å². The van der Waals surface area contributed by atoms with E-state index >= 15 is 0 Å². The maximum atomic E-state index is 10.6. The molecule has 1 N–H and O–H groups in total. The maximum Gasteiger partial charge on any atom is 0.330 e. The van der Waals surface area contributed by atoms with Crippen LogP contribution in [0.5, 0.6) is 0 Å². The number of carbonyl (C=O) groups is 1. The molecule has 2 atom stereocenters.